The SMILES string of the molecule is COC(=O)C1CCN(S(=O)(=O)c2cc(C)sc2C)C1. The lowest BCUT2D eigenvalue weighted by molar-refractivity contribution is -0.144. The number of carbonyl (C=O) groups excluding carboxylic acids is 1. The summed E-state index contributed by atoms with van der Waals surface area (Å²) < 4.78 is 31.1. The van der Waals surface area contributed by atoms with Crippen molar-refractivity contribution in [2.75, 3.05) is 20.2 Å². The van der Waals surface area contributed by atoms with Gasteiger partial charge in [-0.25, -0.2) is 8.42 Å². The Morgan fingerprint density at radius 3 is 2.68 bits per heavy atom. The number of hydrogen-bond acceptors (Lipinski definition) is 5. The zero-order chi connectivity index (χ0) is 14.2. The van der Waals surface area contributed by atoms with Crippen LogP contribution in [0.25, 0.3) is 0 Å². The summed E-state index contributed by atoms with van der Waals surface area (Å²) >= 11 is 1.47. The maximum atomic E-state index is 12.5. The fraction of sp³-hybridized carbons (Fsp3) is 0.583. The van der Waals surface area contributed by atoms with Crippen molar-refractivity contribution >= 4 is 27.3 Å². The number of sulfonamides is 1. The molecule has 0 aliphatic carbocycles. The van der Waals surface area contributed by atoms with E-state index >= 15 is 0 Å². The lowest BCUT2D eigenvalue weighted by atomic mass is 10.1. The van der Waals surface area contributed by atoms with Gasteiger partial charge in [0.2, 0.25) is 10.0 Å². The molecule has 0 saturated carbocycles. The molecule has 1 aromatic heterocycles. The second-order valence-electron chi connectivity index (χ2n) is 4.65. The van der Waals surface area contributed by atoms with Gasteiger partial charge < -0.3 is 4.74 Å². The first-order chi connectivity index (χ1) is 8.86. The minimum Gasteiger partial charge on any atom is -0.469 e. The highest BCUT2D eigenvalue weighted by molar-refractivity contribution is 7.89. The van der Waals surface area contributed by atoms with Gasteiger partial charge in [0, 0.05) is 22.8 Å². The normalized spacial score (nSPS) is 20.7. The zero-order valence-electron chi connectivity index (χ0n) is 11.2. The van der Waals surface area contributed by atoms with Crippen molar-refractivity contribution in [3.05, 3.63) is 15.8 Å². The van der Waals surface area contributed by atoms with Crippen LogP contribution in [0, 0.1) is 19.8 Å². The van der Waals surface area contributed by atoms with Crippen LogP contribution in [0.5, 0.6) is 0 Å². The Balaban J connectivity index is 2.23. The van der Waals surface area contributed by atoms with Gasteiger partial charge in [-0.2, -0.15) is 4.31 Å². The van der Waals surface area contributed by atoms with Gasteiger partial charge in [0.05, 0.1) is 17.9 Å². The van der Waals surface area contributed by atoms with Crippen LogP contribution >= 0.6 is 11.3 Å². The van der Waals surface area contributed by atoms with E-state index in [-0.39, 0.29) is 18.4 Å². The standard InChI is InChI=1S/C12H17NO4S2/c1-8-6-11(9(2)18-8)19(15,16)13-5-4-10(7-13)12(14)17-3/h6,10H,4-5,7H2,1-3H3. The number of methoxy groups -OCH3 is 1. The maximum Gasteiger partial charge on any atom is 0.310 e. The van der Waals surface area contributed by atoms with E-state index in [1.165, 1.54) is 22.8 Å². The smallest absolute Gasteiger partial charge is 0.310 e. The van der Waals surface area contributed by atoms with Crippen molar-refractivity contribution in [1.82, 2.24) is 4.31 Å². The molecule has 2 rings (SSSR count). The number of rotatable bonds is 3. The van der Waals surface area contributed by atoms with E-state index in [4.69, 9.17) is 0 Å². The predicted molar refractivity (Wildman–Crippen MR) is 72.7 cm³/mol. The lowest BCUT2D eigenvalue weighted by Gasteiger charge is -2.15. The van der Waals surface area contributed by atoms with Crippen LogP contribution < -0.4 is 0 Å². The topological polar surface area (TPSA) is 63.7 Å². The molecule has 106 valence electrons. The molecule has 0 radical (unpaired) electrons. The summed E-state index contributed by atoms with van der Waals surface area (Å²) in [6.45, 7) is 4.27. The lowest BCUT2D eigenvalue weighted by Crippen LogP contribution is -2.30. The molecule has 0 aromatic carbocycles. The quantitative estimate of drug-likeness (QED) is 0.795. The molecule has 1 unspecified atom stereocenters. The number of thiophene rings is 1. The zero-order valence-corrected chi connectivity index (χ0v) is 12.8. The summed E-state index contributed by atoms with van der Waals surface area (Å²) in [6, 6.07) is 1.70. The molecule has 1 atom stereocenters. The highest BCUT2D eigenvalue weighted by Crippen LogP contribution is 2.30. The Bertz CT molecular complexity index is 591. The van der Waals surface area contributed by atoms with Crippen LogP contribution in [0.4, 0.5) is 0 Å². The van der Waals surface area contributed by atoms with Gasteiger partial charge in [-0.3, -0.25) is 4.79 Å². The second kappa shape index (κ2) is 5.22. The highest BCUT2D eigenvalue weighted by Gasteiger charge is 2.37. The van der Waals surface area contributed by atoms with Crippen molar-refractivity contribution in [2.45, 2.75) is 25.2 Å². The number of esters is 1. The molecule has 2 heterocycles. The Labute approximate surface area is 117 Å². The largest absolute Gasteiger partial charge is 0.469 e. The highest BCUT2D eigenvalue weighted by atomic mass is 32.2. The summed E-state index contributed by atoms with van der Waals surface area (Å²) in [5.41, 5.74) is 0. The fourth-order valence-electron chi connectivity index (χ4n) is 2.31. The molecular formula is C12H17NO4S2. The summed E-state index contributed by atoms with van der Waals surface area (Å²) in [6.07, 6.45) is 0.522. The van der Waals surface area contributed by atoms with Crippen molar-refractivity contribution < 1.29 is 17.9 Å². The van der Waals surface area contributed by atoms with Crippen LogP contribution in [-0.2, 0) is 19.6 Å². The van der Waals surface area contributed by atoms with E-state index in [0.717, 1.165) is 9.75 Å². The van der Waals surface area contributed by atoms with Gasteiger partial charge in [-0.05, 0) is 26.3 Å². The first-order valence-corrected chi connectivity index (χ1v) is 8.27. The summed E-state index contributed by atoms with van der Waals surface area (Å²) in [7, 11) is -2.16. The number of carbonyl (C=O) groups is 1. The number of aryl methyl sites for hydroxylation is 2. The van der Waals surface area contributed by atoms with E-state index in [0.29, 0.717) is 17.9 Å². The molecule has 5 nitrogen and oxygen atoms in total. The van der Waals surface area contributed by atoms with Gasteiger partial charge in [-0.15, -0.1) is 11.3 Å². The van der Waals surface area contributed by atoms with Gasteiger partial charge >= 0.3 is 5.97 Å². The minimum atomic E-state index is -3.49. The molecule has 7 heteroatoms. The molecule has 1 aliphatic heterocycles. The molecule has 0 amide bonds. The first-order valence-electron chi connectivity index (χ1n) is 6.01. The van der Waals surface area contributed by atoms with Crippen LogP contribution in [0.1, 0.15) is 16.2 Å². The van der Waals surface area contributed by atoms with E-state index in [1.54, 1.807) is 13.0 Å². The van der Waals surface area contributed by atoms with Crippen LogP contribution in [0.15, 0.2) is 11.0 Å². The summed E-state index contributed by atoms with van der Waals surface area (Å²) in [5, 5.41) is 0. The third-order valence-electron chi connectivity index (χ3n) is 3.30. The number of hydrogen-bond donors (Lipinski definition) is 0. The third-order valence-corrected chi connectivity index (χ3v) is 6.39. The Morgan fingerprint density at radius 2 is 2.16 bits per heavy atom. The second-order valence-corrected chi connectivity index (χ2v) is 8.02. The van der Waals surface area contributed by atoms with Gasteiger partial charge in [-0.1, -0.05) is 0 Å². The molecule has 0 spiro atoms. The van der Waals surface area contributed by atoms with Crippen molar-refractivity contribution in [3.8, 4) is 0 Å². The van der Waals surface area contributed by atoms with Crippen molar-refractivity contribution in [3.63, 3.8) is 0 Å². The Kier molecular flexibility index (Phi) is 3.98. The Morgan fingerprint density at radius 1 is 1.47 bits per heavy atom. The first kappa shape index (κ1) is 14.5. The van der Waals surface area contributed by atoms with E-state index < -0.39 is 10.0 Å². The number of nitrogens with zero attached hydrogens (tertiary/aromatic N) is 1. The van der Waals surface area contributed by atoms with Gasteiger partial charge in [0.15, 0.2) is 0 Å². The minimum absolute atomic E-state index is 0.212. The third kappa shape index (κ3) is 2.68. The molecule has 0 bridgehead atoms. The van der Waals surface area contributed by atoms with Crippen molar-refractivity contribution in [2.24, 2.45) is 5.92 Å². The van der Waals surface area contributed by atoms with E-state index in [1.807, 2.05) is 6.92 Å². The molecule has 1 aliphatic rings. The predicted octanol–water partition coefficient (Wildman–Crippen LogP) is 1.55. The average Bonchev–Trinajstić information content (AvgIpc) is 2.95. The molecule has 1 saturated heterocycles. The van der Waals surface area contributed by atoms with Crippen LogP contribution in [-0.4, -0.2) is 38.9 Å². The average molecular weight is 303 g/mol. The monoisotopic (exact) mass is 303 g/mol. The van der Waals surface area contributed by atoms with Crippen LogP contribution in [0.3, 0.4) is 0 Å². The maximum absolute atomic E-state index is 12.5. The van der Waals surface area contributed by atoms with Crippen molar-refractivity contribution in [1.29, 1.82) is 0 Å². The van der Waals surface area contributed by atoms with E-state index in [2.05, 4.69) is 4.74 Å². The molecular weight excluding hydrogens is 286 g/mol. The fourth-order valence-corrected chi connectivity index (χ4v) is 5.33. The molecule has 0 N–H and O–H groups in total. The van der Waals surface area contributed by atoms with Gasteiger partial charge in [0.25, 0.3) is 0 Å². The van der Waals surface area contributed by atoms with Gasteiger partial charge in [0.1, 0.15) is 0 Å². The van der Waals surface area contributed by atoms with Crippen LogP contribution in [0.2, 0.25) is 0 Å². The van der Waals surface area contributed by atoms with E-state index in [9.17, 15) is 13.2 Å². The summed E-state index contributed by atoms with van der Waals surface area (Å²) in [5.74, 6) is -0.685. The Hall–Kier alpha value is -0.920. The molecule has 1 fully saturated rings. The molecule has 19 heavy (non-hydrogen) atoms. The summed E-state index contributed by atoms with van der Waals surface area (Å²) in [4.78, 5) is 13.6. The number of ether oxygens (including phenoxy) is 1. The molecule has 1 aromatic rings.